The van der Waals surface area contributed by atoms with Crippen LogP contribution >= 0.6 is 0 Å². The van der Waals surface area contributed by atoms with Crippen LogP contribution in [-0.4, -0.2) is 87.0 Å². The summed E-state index contributed by atoms with van der Waals surface area (Å²) in [6, 6.07) is 10.1. The zero-order valence-corrected chi connectivity index (χ0v) is 24.3. The molecule has 0 radical (unpaired) electrons. The summed E-state index contributed by atoms with van der Waals surface area (Å²) in [6.45, 7) is 4.98. The number of ether oxygens (including phenoxy) is 4. The van der Waals surface area contributed by atoms with Crippen molar-refractivity contribution in [3.8, 4) is 0 Å². The van der Waals surface area contributed by atoms with Crippen molar-refractivity contribution in [1.29, 1.82) is 0 Å². The number of likely N-dealkylation sites (tertiary alicyclic amines) is 1. The summed E-state index contributed by atoms with van der Waals surface area (Å²) in [7, 11) is 5.47. The van der Waals surface area contributed by atoms with E-state index in [9.17, 15) is 9.90 Å². The number of fused-ring (bicyclic) bond motifs is 2. The summed E-state index contributed by atoms with van der Waals surface area (Å²) in [6.07, 6.45) is 7.54. The van der Waals surface area contributed by atoms with E-state index in [2.05, 4.69) is 11.8 Å². The van der Waals surface area contributed by atoms with Crippen LogP contribution in [0.2, 0.25) is 0 Å². The quantitative estimate of drug-likeness (QED) is 0.389. The molecule has 1 aliphatic heterocycles. The third-order valence-corrected chi connectivity index (χ3v) is 12.6. The molecule has 40 heavy (non-hydrogen) atoms. The van der Waals surface area contributed by atoms with E-state index < -0.39 is 5.60 Å². The van der Waals surface area contributed by atoms with Crippen LogP contribution in [0.25, 0.3) is 6.08 Å². The second-order valence-corrected chi connectivity index (χ2v) is 13.6. The second kappa shape index (κ2) is 9.63. The smallest absolute Gasteiger partial charge is 0.331 e. The first-order valence-corrected chi connectivity index (χ1v) is 15.3. The van der Waals surface area contributed by atoms with Gasteiger partial charge in [0.1, 0.15) is 6.10 Å². The number of hydrogen-bond acceptors (Lipinski definition) is 7. The molecule has 218 valence electrons. The van der Waals surface area contributed by atoms with E-state index in [-0.39, 0.29) is 64.8 Å². The normalized spacial score (nSPS) is 48.5. The minimum absolute atomic E-state index is 0.0589. The van der Waals surface area contributed by atoms with Gasteiger partial charge in [0, 0.05) is 75.0 Å². The maximum absolute atomic E-state index is 13.3. The van der Waals surface area contributed by atoms with Crippen molar-refractivity contribution in [3.05, 3.63) is 42.0 Å². The highest BCUT2D eigenvalue weighted by atomic mass is 16.5. The molecule has 1 N–H and O–H groups in total. The standard InChI is InChI=1S/C33H45NO6/c1-5-34-18-31(19-37-2)14-13-26(39-4)33-22-15-21-24(38-3)17-32(36,23(30(33)34)16-25(31)33)28(22)29(21)40-27(35)12-11-20-9-7-6-8-10-20/h6-12,21-26,28-30,36H,5,13-19H2,1-4H3/b12-11+/t21-,22?,23+,24+,25-,26+,28?,29?,30-,31+,32+,33-/m1/s1. The zero-order chi connectivity index (χ0) is 27.9. The zero-order valence-electron chi connectivity index (χ0n) is 24.3. The Kier molecular flexibility index (Phi) is 6.52. The number of esters is 1. The third kappa shape index (κ3) is 3.39. The Balaban J connectivity index is 1.31. The minimum atomic E-state index is -0.950. The first-order chi connectivity index (χ1) is 19.4. The Morgan fingerprint density at radius 1 is 1.12 bits per heavy atom. The number of aliphatic hydroxyl groups is 1. The number of benzene rings is 1. The van der Waals surface area contributed by atoms with Crippen molar-refractivity contribution in [1.82, 2.24) is 4.90 Å². The third-order valence-electron chi connectivity index (χ3n) is 12.6. The Bertz CT molecular complexity index is 1160. The first-order valence-electron chi connectivity index (χ1n) is 15.3. The monoisotopic (exact) mass is 551 g/mol. The highest BCUT2D eigenvalue weighted by Gasteiger charge is 2.84. The van der Waals surface area contributed by atoms with Gasteiger partial charge in [0.25, 0.3) is 0 Å². The molecule has 6 fully saturated rings. The largest absolute Gasteiger partial charge is 0.458 e. The molecule has 6 aliphatic rings. The predicted octanol–water partition coefficient (Wildman–Crippen LogP) is 3.80. The van der Waals surface area contributed by atoms with Gasteiger partial charge in [0.15, 0.2) is 0 Å². The van der Waals surface area contributed by atoms with Crippen molar-refractivity contribution < 1.29 is 28.8 Å². The number of carbonyl (C=O) groups excluding carboxylic acids is 1. The van der Waals surface area contributed by atoms with Crippen LogP contribution in [0.5, 0.6) is 0 Å². The van der Waals surface area contributed by atoms with Crippen LogP contribution in [0.4, 0.5) is 0 Å². The molecule has 1 aromatic rings. The molecule has 0 amide bonds. The molecule has 1 saturated heterocycles. The van der Waals surface area contributed by atoms with E-state index in [1.807, 2.05) is 50.6 Å². The SMILES string of the molecule is CCN1C[C@]2(COC)CC[C@H](OC)[C@@]34C5C[C@H]6C(OC(=O)/C=C/c7ccccc7)C5[C@](O)(C[C@@H]6OC)[C@@H](C[C@H]23)[C@@H]14. The number of nitrogens with zero attached hydrogens (tertiary/aromatic N) is 1. The van der Waals surface area contributed by atoms with Gasteiger partial charge in [-0.2, -0.15) is 0 Å². The summed E-state index contributed by atoms with van der Waals surface area (Å²) < 4.78 is 24.8. The maximum Gasteiger partial charge on any atom is 0.331 e. The summed E-state index contributed by atoms with van der Waals surface area (Å²) in [5, 5.41) is 12.9. The van der Waals surface area contributed by atoms with Crippen LogP contribution < -0.4 is 0 Å². The number of hydrogen-bond donors (Lipinski definition) is 1. The fraction of sp³-hybridized carbons (Fsp3) is 0.727. The second-order valence-electron chi connectivity index (χ2n) is 13.6. The average molecular weight is 552 g/mol. The van der Waals surface area contributed by atoms with Gasteiger partial charge in [-0.3, -0.25) is 4.90 Å². The summed E-state index contributed by atoms with van der Waals surface area (Å²) in [5.41, 5.74) is -0.0262. The van der Waals surface area contributed by atoms with E-state index in [0.717, 1.165) is 50.9 Å². The molecule has 5 saturated carbocycles. The first kappa shape index (κ1) is 27.1. The van der Waals surface area contributed by atoms with E-state index in [1.54, 1.807) is 7.11 Å². The Morgan fingerprint density at radius 3 is 2.62 bits per heavy atom. The van der Waals surface area contributed by atoms with Crippen molar-refractivity contribution in [2.75, 3.05) is 41.0 Å². The lowest BCUT2D eigenvalue weighted by Crippen LogP contribution is -2.76. The van der Waals surface area contributed by atoms with E-state index in [4.69, 9.17) is 18.9 Å². The molecule has 5 aliphatic carbocycles. The van der Waals surface area contributed by atoms with Gasteiger partial charge in [-0.15, -0.1) is 0 Å². The fourth-order valence-electron chi connectivity index (χ4n) is 11.7. The van der Waals surface area contributed by atoms with Gasteiger partial charge in [0.05, 0.1) is 24.4 Å². The summed E-state index contributed by atoms with van der Waals surface area (Å²) >= 11 is 0. The van der Waals surface area contributed by atoms with Crippen LogP contribution in [0, 0.1) is 40.4 Å². The Hall–Kier alpha value is -1.77. The molecular weight excluding hydrogens is 506 g/mol. The molecule has 7 rings (SSSR count). The number of carbonyl (C=O) groups is 1. The molecule has 7 nitrogen and oxygen atoms in total. The summed E-state index contributed by atoms with van der Waals surface area (Å²) in [4.78, 5) is 16.0. The highest BCUT2D eigenvalue weighted by Crippen LogP contribution is 2.79. The lowest BCUT2D eigenvalue weighted by atomic mass is 9.43. The van der Waals surface area contributed by atoms with E-state index in [0.29, 0.717) is 12.3 Å². The van der Waals surface area contributed by atoms with E-state index >= 15 is 0 Å². The van der Waals surface area contributed by atoms with Gasteiger partial charge in [-0.1, -0.05) is 37.3 Å². The van der Waals surface area contributed by atoms with Gasteiger partial charge in [-0.25, -0.2) is 4.79 Å². The van der Waals surface area contributed by atoms with Crippen molar-refractivity contribution in [3.63, 3.8) is 0 Å². The fourth-order valence-corrected chi connectivity index (χ4v) is 11.7. The van der Waals surface area contributed by atoms with Crippen LogP contribution in [-0.2, 0) is 23.7 Å². The van der Waals surface area contributed by atoms with Crippen molar-refractivity contribution >= 4 is 12.0 Å². The molecular formula is C33H45NO6. The van der Waals surface area contributed by atoms with Crippen LogP contribution in [0.3, 0.4) is 0 Å². The van der Waals surface area contributed by atoms with Gasteiger partial charge < -0.3 is 24.1 Å². The van der Waals surface area contributed by atoms with Gasteiger partial charge in [0.2, 0.25) is 0 Å². The molecule has 1 aromatic carbocycles. The minimum Gasteiger partial charge on any atom is -0.458 e. The van der Waals surface area contributed by atoms with Crippen molar-refractivity contribution in [2.45, 2.75) is 69.0 Å². The molecule has 1 spiro atoms. The lowest BCUT2D eigenvalue weighted by Gasteiger charge is -2.69. The molecule has 3 unspecified atom stereocenters. The highest BCUT2D eigenvalue weighted by molar-refractivity contribution is 5.87. The number of methoxy groups -OCH3 is 3. The molecule has 1 heterocycles. The molecule has 7 bridgehead atoms. The van der Waals surface area contributed by atoms with Crippen molar-refractivity contribution in [2.24, 2.45) is 40.4 Å². The molecule has 12 atom stereocenters. The van der Waals surface area contributed by atoms with Gasteiger partial charge in [-0.05, 0) is 55.7 Å². The number of rotatable bonds is 8. The number of piperidine rings is 1. The Morgan fingerprint density at radius 2 is 1.93 bits per heavy atom. The lowest BCUT2D eigenvalue weighted by molar-refractivity contribution is -0.277. The van der Waals surface area contributed by atoms with Crippen LogP contribution in [0.1, 0.15) is 44.6 Å². The van der Waals surface area contributed by atoms with E-state index in [1.165, 1.54) is 6.08 Å². The van der Waals surface area contributed by atoms with Gasteiger partial charge >= 0.3 is 5.97 Å². The Labute approximate surface area is 238 Å². The van der Waals surface area contributed by atoms with Crippen LogP contribution in [0.15, 0.2) is 36.4 Å². The summed E-state index contributed by atoms with van der Waals surface area (Å²) in [5.74, 6) is 0.316. The maximum atomic E-state index is 13.3. The molecule has 7 heteroatoms. The molecule has 0 aromatic heterocycles. The topological polar surface area (TPSA) is 77.5 Å². The average Bonchev–Trinajstić information content (AvgIpc) is 3.41. The predicted molar refractivity (Wildman–Crippen MR) is 150 cm³/mol.